The van der Waals surface area contributed by atoms with E-state index in [4.69, 9.17) is 0 Å². The van der Waals surface area contributed by atoms with Crippen molar-refractivity contribution >= 4 is 23.6 Å². The summed E-state index contributed by atoms with van der Waals surface area (Å²) in [5.41, 5.74) is 1.19. The number of aryl methyl sites for hydroxylation is 1. The van der Waals surface area contributed by atoms with Crippen LogP contribution in [-0.2, 0) is 9.59 Å². The largest absolute Gasteiger partial charge is 0.351 e. The Hall–Kier alpha value is -1.53. The highest BCUT2D eigenvalue weighted by Gasteiger charge is 2.36. The summed E-state index contributed by atoms with van der Waals surface area (Å²) in [6, 6.07) is 7.99. The van der Waals surface area contributed by atoms with Gasteiger partial charge in [-0.15, -0.1) is 11.8 Å². The lowest BCUT2D eigenvalue weighted by atomic mass is 10.1. The smallest absolute Gasteiger partial charge is 0.239 e. The molecule has 2 atom stereocenters. The number of nitrogens with zero attached hydrogens (tertiary/aromatic N) is 2. The van der Waals surface area contributed by atoms with Crippen LogP contribution < -0.4 is 5.32 Å². The fourth-order valence-electron chi connectivity index (χ4n) is 3.27. The Morgan fingerprint density at radius 2 is 1.96 bits per heavy atom. The maximum Gasteiger partial charge on any atom is 0.239 e. The van der Waals surface area contributed by atoms with Crippen molar-refractivity contribution in [1.29, 1.82) is 0 Å². The number of carbonyl (C=O) groups excluding carboxylic acids is 2. The maximum atomic E-state index is 12.6. The average molecular weight is 364 g/mol. The maximum absolute atomic E-state index is 12.6. The zero-order valence-electron chi connectivity index (χ0n) is 15.6. The Morgan fingerprint density at radius 3 is 2.60 bits per heavy atom. The first-order chi connectivity index (χ1) is 12.0. The van der Waals surface area contributed by atoms with Crippen molar-refractivity contribution in [1.82, 2.24) is 15.1 Å². The topological polar surface area (TPSA) is 52.7 Å². The monoisotopic (exact) mass is 363 g/mol. The van der Waals surface area contributed by atoms with Gasteiger partial charge in [-0.2, -0.15) is 0 Å². The van der Waals surface area contributed by atoms with E-state index in [-0.39, 0.29) is 23.9 Å². The van der Waals surface area contributed by atoms with Crippen LogP contribution in [0, 0.1) is 6.92 Å². The quantitative estimate of drug-likeness (QED) is 0.754. The van der Waals surface area contributed by atoms with E-state index in [0.717, 1.165) is 24.5 Å². The summed E-state index contributed by atoms with van der Waals surface area (Å²) < 4.78 is 0. The molecule has 2 amide bonds. The van der Waals surface area contributed by atoms with Gasteiger partial charge in [-0.25, -0.2) is 0 Å². The molecule has 25 heavy (non-hydrogen) atoms. The third kappa shape index (κ3) is 5.22. The molecular formula is C19H29N3O2S. The molecule has 1 heterocycles. The Kier molecular flexibility index (Phi) is 7.32. The average Bonchev–Trinajstić information content (AvgIpc) is 2.95. The SMILES string of the molecule is CCN(CC)C(=O)[C@@H]1C[C@@H](NC(=O)CSc2ccccc2C)CN1C. The zero-order valence-corrected chi connectivity index (χ0v) is 16.4. The summed E-state index contributed by atoms with van der Waals surface area (Å²) in [6.45, 7) is 8.22. The molecule has 1 aliphatic heterocycles. The second-order valence-electron chi connectivity index (χ2n) is 6.52. The molecule has 0 aliphatic carbocycles. The number of nitrogens with one attached hydrogen (secondary N) is 1. The molecule has 138 valence electrons. The van der Waals surface area contributed by atoms with Crippen LogP contribution in [0.4, 0.5) is 0 Å². The standard InChI is InChI=1S/C19H29N3O2S/c1-5-22(6-2)19(24)16-11-15(12-21(16)4)20-18(23)13-25-17-10-8-7-9-14(17)3/h7-10,15-16H,5-6,11-13H2,1-4H3,(H,20,23)/t15-,16+/m1/s1. The van der Waals surface area contributed by atoms with Gasteiger partial charge in [-0.05, 0) is 45.9 Å². The first kappa shape index (κ1) is 19.8. The fraction of sp³-hybridized carbons (Fsp3) is 0.579. The van der Waals surface area contributed by atoms with E-state index in [1.54, 1.807) is 11.8 Å². The first-order valence-corrected chi connectivity index (χ1v) is 9.91. The molecule has 5 nitrogen and oxygen atoms in total. The van der Waals surface area contributed by atoms with Gasteiger partial charge in [0, 0.05) is 30.6 Å². The van der Waals surface area contributed by atoms with Gasteiger partial charge in [0.2, 0.25) is 11.8 Å². The molecule has 0 unspecified atom stereocenters. The predicted octanol–water partition coefficient (Wildman–Crippen LogP) is 2.14. The molecule has 0 spiro atoms. The van der Waals surface area contributed by atoms with Gasteiger partial charge in [0.05, 0.1) is 11.8 Å². The zero-order chi connectivity index (χ0) is 18.4. The molecule has 0 bridgehead atoms. The van der Waals surface area contributed by atoms with E-state index in [1.165, 1.54) is 5.56 Å². The Labute approximate surface area is 155 Å². The number of likely N-dealkylation sites (N-methyl/N-ethyl adjacent to an activating group) is 2. The third-order valence-corrected chi connectivity index (χ3v) is 5.90. The highest BCUT2D eigenvalue weighted by atomic mass is 32.2. The van der Waals surface area contributed by atoms with Crippen LogP contribution in [-0.4, -0.2) is 66.1 Å². The van der Waals surface area contributed by atoms with Gasteiger partial charge in [-0.3, -0.25) is 14.5 Å². The van der Waals surface area contributed by atoms with Crippen LogP contribution in [0.1, 0.15) is 25.8 Å². The van der Waals surface area contributed by atoms with Gasteiger partial charge in [0.25, 0.3) is 0 Å². The van der Waals surface area contributed by atoms with Crippen molar-refractivity contribution in [2.45, 2.75) is 44.2 Å². The predicted molar refractivity (Wildman–Crippen MR) is 103 cm³/mol. The molecule has 6 heteroatoms. The van der Waals surface area contributed by atoms with Crippen molar-refractivity contribution in [3.05, 3.63) is 29.8 Å². The number of likely N-dealkylation sites (tertiary alicyclic amines) is 1. The van der Waals surface area contributed by atoms with E-state index in [1.807, 2.05) is 44.0 Å². The highest BCUT2D eigenvalue weighted by Crippen LogP contribution is 2.22. The molecule has 1 saturated heterocycles. The lowest BCUT2D eigenvalue weighted by molar-refractivity contribution is -0.135. The van der Waals surface area contributed by atoms with Gasteiger partial charge < -0.3 is 10.2 Å². The van der Waals surface area contributed by atoms with E-state index < -0.39 is 0 Å². The number of carbonyl (C=O) groups is 2. The first-order valence-electron chi connectivity index (χ1n) is 8.93. The minimum Gasteiger partial charge on any atom is -0.351 e. The Morgan fingerprint density at radius 1 is 1.28 bits per heavy atom. The van der Waals surface area contributed by atoms with Gasteiger partial charge in [-0.1, -0.05) is 18.2 Å². The summed E-state index contributed by atoms with van der Waals surface area (Å²) in [6.07, 6.45) is 0.687. The molecular weight excluding hydrogens is 334 g/mol. The number of hydrogen-bond acceptors (Lipinski definition) is 4. The summed E-state index contributed by atoms with van der Waals surface area (Å²) in [4.78, 5) is 29.9. The van der Waals surface area contributed by atoms with Gasteiger partial charge in [0.1, 0.15) is 0 Å². The van der Waals surface area contributed by atoms with Gasteiger partial charge >= 0.3 is 0 Å². The second kappa shape index (κ2) is 9.25. The summed E-state index contributed by atoms with van der Waals surface area (Å²) in [5.74, 6) is 0.598. The van der Waals surface area contributed by atoms with E-state index in [9.17, 15) is 9.59 Å². The molecule has 1 aromatic carbocycles. The molecule has 1 N–H and O–H groups in total. The fourth-order valence-corrected chi connectivity index (χ4v) is 4.11. The lowest BCUT2D eigenvalue weighted by Gasteiger charge is -2.26. The minimum atomic E-state index is -0.130. The molecule has 1 aromatic rings. The van der Waals surface area contributed by atoms with E-state index >= 15 is 0 Å². The van der Waals surface area contributed by atoms with E-state index in [2.05, 4.69) is 23.2 Å². The number of amides is 2. The minimum absolute atomic E-state index is 0.0302. The summed E-state index contributed by atoms with van der Waals surface area (Å²) in [7, 11) is 1.96. The van der Waals surface area contributed by atoms with Crippen LogP contribution >= 0.6 is 11.8 Å². The van der Waals surface area contributed by atoms with Crippen molar-refractivity contribution < 1.29 is 9.59 Å². The normalized spacial score (nSPS) is 20.5. The van der Waals surface area contributed by atoms with E-state index in [0.29, 0.717) is 12.2 Å². The van der Waals surface area contributed by atoms with Crippen molar-refractivity contribution in [2.75, 3.05) is 32.4 Å². The second-order valence-corrected chi connectivity index (χ2v) is 7.54. The lowest BCUT2D eigenvalue weighted by Crippen LogP contribution is -2.44. The van der Waals surface area contributed by atoms with Crippen molar-refractivity contribution in [3.8, 4) is 0 Å². The number of hydrogen-bond donors (Lipinski definition) is 1. The molecule has 1 fully saturated rings. The third-order valence-electron chi connectivity index (χ3n) is 4.73. The molecule has 0 radical (unpaired) electrons. The molecule has 0 aromatic heterocycles. The van der Waals surface area contributed by atoms with Crippen molar-refractivity contribution in [2.24, 2.45) is 0 Å². The van der Waals surface area contributed by atoms with Crippen LogP contribution in [0.2, 0.25) is 0 Å². The Bertz CT molecular complexity index is 604. The van der Waals surface area contributed by atoms with Crippen LogP contribution in [0.3, 0.4) is 0 Å². The molecule has 2 rings (SSSR count). The molecule has 1 aliphatic rings. The van der Waals surface area contributed by atoms with Crippen LogP contribution in [0.25, 0.3) is 0 Å². The Balaban J connectivity index is 1.84. The van der Waals surface area contributed by atoms with Crippen LogP contribution in [0.5, 0.6) is 0 Å². The number of benzene rings is 1. The van der Waals surface area contributed by atoms with Crippen molar-refractivity contribution in [3.63, 3.8) is 0 Å². The highest BCUT2D eigenvalue weighted by molar-refractivity contribution is 8.00. The number of thioether (sulfide) groups is 1. The summed E-state index contributed by atoms with van der Waals surface area (Å²) in [5, 5.41) is 3.09. The number of rotatable bonds is 7. The summed E-state index contributed by atoms with van der Waals surface area (Å²) >= 11 is 1.56. The molecule has 0 saturated carbocycles. The van der Waals surface area contributed by atoms with Gasteiger partial charge in [0.15, 0.2) is 0 Å². The van der Waals surface area contributed by atoms with Crippen LogP contribution in [0.15, 0.2) is 29.2 Å².